The van der Waals surface area contributed by atoms with Gasteiger partial charge in [0, 0.05) is 24.2 Å². The van der Waals surface area contributed by atoms with E-state index >= 15 is 0 Å². The van der Waals surface area contributed by atoms with Gasteiger partial charge >= 0.3 is 0 Å². The van der Waals surface area contributed by atoms with Crippen LogP contribution in [0.25, 0.3) is 0 Å². The van der Waals surface area contributed by atoms with Gasteiger partial charge in [0.25, 0.3) is 0 Å². The molecule has 26 heavy (non-hydrogen) atoms. The molecule has 1 saturated carbocycles. The molecule has 0 radical (unpaired) electrons. The Morgan fingerprint density at radius 1 is 1.23 bits per heavy atom. The predicted molar refractivity (Wildman–Crippen MR) is 98.2 cm³/mol. The van der Waals surface area contributed by atoms with E-state index in [1.54, 1.807) is 23.1 Å². The Labute approximate surface area is 153 Å². The maximum Gasteiger partial charge on any atom is 0.243 e. The van der Waals surface area contributed by atoms with Crippen LogP contribution in [0.2, 0.25) is 0 Å². The molecule has 1 aromatic carbocycles. The van der Waals surface area contributed by atoms with Crippen LogP contribution in [0, 0.1) is 11.8 Å². The van der Waals surface area contributed by atoms with Crippen LogP contribution < -0.4 is 20.5 Å². The SMILES string of the molecule is CCN(CC(=O)Nc1ccc2c(c1)OCCO2)C(=O)[C@@H]1CCC[C@@H]1CN. The van der Waals surface area contributed by atoms with Crippen molar-refractivity contribution in [3.63, 3.8) is 0 Å². The van der Waals surface area contributed by atoms with Gasteiger partial charge in [-0.25, -0.2) is 0 Å². The summed E-state index contributed by atoms with van der Waals surface area (Å²) in [5, 5.41) is 2.83. The Hall–Kier alpha value is -2.28. The van der Waals surface area contributed by atoms with E-state index in [0.717, 1.165) is 19.3 Å². The number of amides is 2. The maximum absolute atomic E-state index is 12.8. The number of benzene rings is 1. The van der Waals surface area contributed by atoms with Gasteiger partial charge in [0.2, 0.25) is 11.8 Å². The zero-order valence-corrected chi connectivity index (χ0v) is 15.2. The molecule has 1 fully saturated rings. The van der Waals surface area contributed by atoms with Crippen molar-refractivity contribution >= 4 is 17.5 Å². The third kappa shape index (κ3) is 4.09. The highest BCUT2D eigenvalue weighted by Gasteiger charge is 2.34. The van der Waals surface area contributed by atoms with Gasteiger partial charge in [-0.3, -0.25) is 9.59 Å². The van der Waals surface area contributed by atoms with Crippen molar-refractivity contribution in [2.24, 2.45) is 17.6 Å². The number of hydrogen-bond donors (Lipinski definition) is 2. The van der Waals surface area contributed by atoms with E-state index in [1.165, 1.54) is 0 Å². The molecule has 1 heterocycles. The summed E-state index contributed by atoms with van der Waals surface area (Å²) in [7, 11) is 0. The molecular weight excluding hydrogens is 334 g/mol. The van der Waals surface area contributed by atoms with E-state index in [4.69, 9.17) is 15.2 Å². The second-order valence-corrected chi connectivity index (χ2v) is 6.79. The van der Waals surface area contributed by atoms with E-state index in [9.17, 15) is 9.59 Å². The third-order valence-electron chi connectivity index (χ3n) is 5.13. The van der Waals surface area contributed by atoms with Crippen molar-refractivity contribution in [3.05, 3.63) is 18.2 Å². The fourth-order valence-corrected chi connectivity index (χ4v) is 3.72. The fourth-order valence-electron chi connectivity index (χ4n) is 3.72. The van der Waals surface area contributed by atoms with Gasteiger partial charge in [-0.15, -0.1) is 0 Å². The number of nitrogens with two attached hydrogens (primary N) is 1. The fraction of sp³-hybridized carbons (Fsp3) is 0.579. The molecule has 0 unspecified atom stereocenters. The van der Waals surface area contributed by atoms with Gasteiger partial charge in [-0.1, -0.05) is 6.42 Å². The van der Waals surface area contributed by atoms with Gasteiger partial charge in [-0.05, 0) is 44.4 Å². The second-order valence-electron chi connectivity index (χ2n) is 6.79. The maximum atomic E-state index is 12.8. The lowest BCUT2D eigenvalue weighted by molar-refractivity contribution is -0.139. The van der Waals surface area contributed by atoms with E-state index in [1.807, 2.05) is 6.92 Å². The van der Waals surface area contributed by atoms with E-state index in [-0.39, 0.29) is 30.2 Å². The molecule has 0 spiro atoms. The molecule has 0 saturated heterocycles. The Kier molecular flexibility index (Phi) is 5.98. The summed E-state index contributed by atoms with van der Waals surface area (Å²) < 4.78 is 11.0. The summed E-state index contributed by atoms with van der Waals surface area (Å²) in [6, 6.07) is 5.29. The monoisotopic (exact) mass is 361 g/mol. The lowest BCUT2D eigenvalue weighted by Gasteiger charge is -2.26. The van der Waals surface area contributed by atoms with Crippen molar-refractivity contribution in [3.8, 4) is 11.5 Å². The molecule has 7 heteroatoms. The number of likely N-dealkylation sites (N-methyl/N-ethyl adjacent to an activating group) is 1. The number of hydrogen-bond acceptors (Lipinski definition) is 5. The molecule has 7 nitrogen and oxygen atoms in total. The molecule has 3 N–H and O–H groups in total. The molecule has 2 atom stereocenters. The number of rotatable bonds is 6. The molecule has 3 rings (SSSR count). The van der Waals surface area contributed by atoms with Crippen LogP contribution in [0.4, 0.5) is 5.69 Å². The number of ether oxygens (including phenoxy) is 2. The van der Waals surface area contributed by atoms with Gasteiger partial charge in [0.15, 0.2) is 11.5 Å². The van der Waals surface area contributed by atoms with Crippen LogP contribution in [0.15, 0.2) is 18.2 Å². The summed E-state index contributed by atoms with van der Waals surface area (Å²) in [5.74, 6) is 1.29. The Bertz CT molecular complexity index is 664. The quantitative estimate of drug-likeness (QED) is 0.803. The summed E-state index contributed by atoms with van der Waals surface area (Å²) in [5.41, 5.74) is 6.42. The summed E-state index contributed by atoms with van der Waals surface area (Å²) in [4.78, 5) is 26.8. The number of carbonyl (C=O) groups is 2. The Balaban J connectivity index is 1.60. The van der Waals surface area contributed by atoms with Crippen molar-refractivity contribution < 1.29 is 19.1 Å². The molecular formula is C19H27N3O4. The first-order valence-electron chi connectivity index (χ1n) is 9.30. The molecule has 1 aromatic rings. The first kappa shape index (κ1) is 18.5. The molecule has 0 bridgehead atoms. The molecule has 2 amide bonds. The minimum absolute atomic E-state index is 0.0393. The summed E-state index contributed by atoms with van der Waals surface area (Å²) in [6.45, 7) is 3.97. The molecule has 0 aromatic heterocycles. The molecule has 1 aliphatic heterocycles. The lowest BCUT2D eigenvalue weighted by Crippen LogP contribution is -2.43. The normalized spacial score (nSPS) is 21.3. The highest BCUT2D eigenvalue weighted by Crippen LogP contribution is 2.33. The third-order valence-corrected chi connectivity index (χ3v) is 5.13. The van der Waals surface area contributed by atoms with Crippen molar-refractivity contribution in [2.45, 2.75) is 26.2 Å². The Morgan fingerprint density at radius 2 is 2.00 bits per heavy atom. The topological polar surface area (TPSA) is 93.9 Å². The van der Waals surface area contributed by atoms with Crippen LogP contribution in [0.3, 0.4) is 0 Å². The zero-order valence-electron chi connectivity index (χ0n) is 15.2. The van der Waals surface area contributed by atoms with Crippen LogP contribution >= 0.6 is 0 Å². The minimum atomic E-state index is -0.223. The average molecular weight is 361 g/mol. The number of nitrogens with zero attached hydrogens (tertiary/aromatic N) is 1. The van der Waals surface area contributed by atoms with Crippen LogP contribution in [-0.2, 0) is 9.59 Å². The first-order chi connectivity index (χ1) is 12.6. The molecule has 2 aliphatic rings. The zero-order chi connectivity index (χ0) is 18.5. The smallest absolute Gasteiger partial charge is 0.243 e. The lowest BCUT2D eigenvalue weighted by atomic mass is 9.94. The van der Waals surface area contributed by atoms with E-state index in [0.29, 0.717) is 43.5 Å². The Morgan fingerprint density at radius 3 is 2.73 bits per heavy atom. The summed E-state index contributed by atoms with van der Waals surface area (Å²) in [6.07, 6.45) is 2.88. The van der Waals surface area contributed by atoms with Crippen LogP contribution in [0.5, 0.6) is 11.5 Å². The van der Waals surface area contributed by atoms with E-state index in [2.05, 4.69) is 5.32 Å². The number of nitrogens with one attached hydrogen (secondary N) is 1. The number of carbonyl (C=O) groups excluding carboxylic acids is 2. The summed E-state index contributed by atoms with van der Waals surface area (Å²) >= 11 is 0. The van der Waals surface area contributed by atoms with Gasteiger partial charge in [0.1, 0.15) is 13.2 Å². The highest BCUT2D eigenvalue weighted by molar-refractivity contribution is 5.95. The van der Waals surface area contributed by atoms with Gasteiger partial charge in [0.05, 0.1) is 6.54 Å². The van der Waals surface area contributed by atoms with Crippen LogP contribution in [0.1, 0.15) is 26.2 Å². The van der Waals surface area contributed by atoms with Gasteiger partial charge < -0.3 is 25.4 Å². The first-order valence-corrected chi connectivity index (χ1v) is 9.30. The van der Waals surface area contributed by atoms with Crippen molar-refractivity contribution in [1.29, 1.82) is 0 Å². The number of fused-ring (bicyclic) bond motifs is 1. The van der Waals surface area contributed by atoms with E-state index < -0.39 is 0 Å². The highest BCUT2D eigenvalue weighted by atomic mass is 16.6. The van der Waals surface area contributed by atoms with Crippen molar-refractivity contribution in [2.75, 3.05) is 38.2 Å². The van der Waals surface area contributed by atoms with Crippen molar-refractivity contribution in [1.82, 2.24) is 4.90 Å². The average Bonchev–Trinajstić information content (AvgIpc) is 3.14. The molecule has 142 valence electrons. The van der Waals surface area contributed by atoms with Gasteiger partial charge in [-0.2, -0.15) is 0 Å². The largest absolute Gasteiger partial charge is 0.486 e. The molecule has 1 aliphatic carbocycles. The number of anilines is 1. The minimum Gasteiger partial charge on any atom is -0.486 e. The predicted octanol–water partition coefficient (Wildman–Crippen LogP) is 1.62. The second kappa shape index (κ2) is 8.40. The van der Waals surface area contributed by atoms with Crippen LogP contribution in [-0.4, -0.2) is 49.6 Å². The standard InChI is InChI=1S/C19H27N3O4/c1-2-22(19(24)15-5-3-4-13(15)11-20)12-18(23)21-14-6-7-16-17(10-14)26-9-8-25-16/h6-7,10,13,15H,2-5,8-9,11-12,20H2,1H3,(H,21,23)/t13-,15-/m1/s1.